The van der Waals surface area contributed by atoms with E-state index in [1.54, 1.807) is 23.9 Å². The van der Waals surface area contributed by atoms with Gasteiger partial charge in [0.25, 0.3) is 0 Å². The third-order valence-electron chi connectivity index (χ3n) is 3.87. The zero-order valence-corrected chi connectivity index (χ0v) is 16.0. The maximum absolute atomic E-state index is 10.1. The Morgan fingerprint density at radius 3 is 1.43 bits per heavy atom. The first-order chi connectivity index (χ1) is 13.8. The third kappa shape index (κ3) is 6.10. The van der Waals surface area contributed by atoms with Gasteiger partial charge in [-0.05, 0) is 47.5 Å². The fraction of sp³-hybridized carbons (Fsp3) is 0. The Hall–Kier alpha value is -3.39. The maximum atomic E-state index is 10.1. The van der Waals surface area contributed by atoms with Gasteiger partial charge in [-0.2, -0.15) is 4.99 Å². The van der Waals surface area contributed by atoms with E-state index in [1.807, 2.05) is 42.5 Å². The lowest BCUT2D eigenvalue weighted by atomic mass is 10.1. The van der Waals surface area contributed by atoms with Crippen LogP contribution in [0.25, 0.3) is 11.1 Å². The summed E-state index contributed by atoms with van der Waals surface area (Å²) in [5.74, 6) is 0. The summed E-state index contributed by atoms with van der Waals surface area (Å²) in [6.45, 7) is 0. The summed E-state index contributed by atoms with van der Waals surface area (Å²) in [4.78, 5) is 15.9. The highest BCUT2D eigenvalue weighted by atomic mass is 32.2. The van der Waals surface area contributed by atoms with Crippen LogP contribution in [0.5, 0.6) is 0 Å². The van der Waals surface area contributed by atoms with Gasteiger partial charge in [0, 0.05) is 9.79 Å². The number of aliphatic imine (C=N–C) groups is 1. The van der Waals surface area contributed by atoms with Crippen LogP contribution in [0.3, 0.4) is 0 Å². The van der Waals surface area contributed by atoms with Gasteiger partial charge in [-0.1, -0.05) is 90.6 Å². The molecule has 0 radical (unpaired) electrons. The molecule has 0 spiro atoms. The first-order valence-corrected chi connectivity index (χ1v) is 9.68. The van der Waals surface area contributed by atoms with Gasteiger partial charge in [-0.3, -0.25) is 0 Å². The monoisotopic (exact) mass is 381 g/mol. The van der Waals surface area contributed by atoms with Gasteiger partial charge in [-0.25, -0.2) is 4.79 Å². The minimum Gasteiger partial charge on any atom is -0.211 e. The third-order valence-corrected chi connectivity index (χ3v) is 4.89. The Kier molecular flexibility index (Phi) is 7.39. The van der Waals surface area contributed by atoms with Gasteiger partial charge < -0.3 is 0 Å². The van der Waals surface area contributed by atoms with Crippen LogP contribution < -0.4 is 0 Å². The van der Waals surface area contributed by atoms with Crippen LogP contribution in [0.4, 0.5) is 5.69 Å². The fourth-order valence-electron chi connectivity index (χ4n) is 2.53. The minimum absolute atomic E-state index is 0.632. The number of hydrogen-bond acceptors (Lipinski definition) is 3. The highest BCUT2D eigenvalue weighted by Crippen LogP contribution is 2.28. The highest BCUT2D eigenvalue weighted by Gasteiger charge is 1.96. The maximum Gasteiger partial charge on any atom is 0.240 e. The summed E-state index contributed by atoms with van der Waals surface area (Å²) in [5.41, 5.74) is 3.18. The van der Waals surface area contributed by atoms with Crippen LogP contribution in [-0.4, -0.2) is 6.08 Å². The lowest BCUT2D eigenvalue weighted by Gasteiger charge is -2.00. The van der Waals surface area contributed by atoms with Crippen molar-refractivity contribution in [2.75, 3.05) is 0 Å². The zero-order chi connectivity index (χ0) is 19.4. The van der Waals surface area contributed by atoms with Crippen LogP contribution >= 0.6 is 11.8 Å². The molecular formula is C25H19NOS. The first kappa shape index (κ1) is 19.4. The SMILES string of the molecule is O=C=Nc1ccc(Sc2ccccc2)cc1.c1ccc(-c2ccccc2)cc1. The highest BCUT2D eigenvalue weighted by molar-refractivity contribution is 7.99. The summed E-state index contributed by atoms with van der Waals surface area (Å²) < 4.78 is 0. The van der Waals surface area contributed by atoms with E-state index in [1.165, 1.54) is 22.1 Å². The van der Waals surface area contributed by atoms with Crippen molar-refractivity contribution in [2.45, 2.75) is 9.79 Å². The lowest BCUT2D eigenvalue weighted by Crippen LogP contribution is -1.73. The summed E-state index contributed by atoms with van der Waals surface area (Å²) in [7, 11) is 0. The lowest BCUT2D eigenvalue weighted by molar-refractivity contribution is 0.565. The molecule has 4 aromatic rings. The van der Waals surface area contributed by atoms with Gasteiger partial charge in [-0.15, -0.1) is 0 Å². The first-order valence-electron chi connectivity index (χ1n) is 8.86. The van der Waals surface area contributed by atoms with Crippen molar-refractivity contribution in [3.05, 3.63) is 115 Å². The fourth-order valence-corrected chi connectivity index (χ4v) is 3.36. The van der Waals surface area contributed by atoms with Crippen LogP contribution in [0.15, 0.2) is 130 Å². The second-order valence-electron chi connectivity index (χ2n) is 5.84. The quantitative estimate of drug-likeness (QED) is 0.277. The van der Waals surface area contributed by atoms with Crippen molar-refractivity contribution in [2.24, 2.45) is 4.99 Å². The van der Waals surface area contributed by atoms with Crippen LogP contribution in [0, 0.1) is 0 Å². The number of benzene rings is 4. The second kappa shape index (κ2) is 10.7. The predicted molar refractivity (Wildman–Crippen MR) is 117 cm³/mol. The minimum atomic E-state index is 0.632. The topological polar surface area (TPSA) is 29.4 Å². The van der Waals surface area contributed by atoms with Gasteiger partial charge in [0.15, 0.2) is 0 Å². The Morgan fingerprint density at radius 1 is 0.536 bits per heavy atom. The van der Waals surface area contributed by atoms with Crippen LogP contribution in [0.2, 0.25) is 0 Å². The molecule has 0 saturated heterocycles. The second-order valence-corrected chi connectivity index (χ2v) is 6.99. The van der Waals surface area contributed by atoms with Crippen molar-refractivity contribution < 1.29 is 4.79 Å². The summed E-state index contributed by atoms with van der Waals surface area (Å²) in [6, 6.07) is 38.4. The molecule has 0 unspecified atom stereocenters. The molecule has 136 valence electrons. The molecule has 0 saturated carbocycles. The summed E-state index contributed by atoms with van der Waals surface area (Å²) in [6.07, 6.45) is 1.52. The van der Waals surface area contributed by atoms with Gasteiger partial charge in [0.05, 0.1) is 5.69 Å². The Balaban J connectivity index is 0.000000167. The Bertz CT molecular complexity index is 973. The van der Waals surface area contributed by atoms with Crippen LogP contribution in [0.1, 0.15) is 0 Å². The van der Waals surface area contributed by atoms with Crippen LogP contribution in [-0.2, 0) is 4.79 Å². The van der Waals surface area contributed by atoms with Crippen molar-refractivity contribution >= 4 is 23.5 Å². The molecule has 0 aliphatic carbocycles. The van der Waals surface area contributed by atoms with E-state index in [-0.39, 0.29) is 0 Å². The molecule has 0 aliphatic rings. The summed E-state index contributed by atoms with van der Waals surface area (Å²) in [5, 5.41) is 0. The smallest absolute Gasteiger partial charge is 0.211 e. The largest absolute Gasteiger partial charge is 0.240 e. The van der Waals surface area contributed by atoms with Crippen molar-refractivity contribution in [1.29, 1.82) is 0 Å². The normalized spacial score (nSPS) is 9.57. The standard InChI is InChI=1S/C13H9NOS.C12H10/c15-10-14-11-6-8-13(9-7-11)16-12-4-2-1-3-5-12;1-3-7-11(8-4-1)12-9-5-2-6-10-12/h1-9H;1-10H. The molecule has 0 amide bonds. The molecule has 4 rings (SSSR count). The number of nitrogens with zero attached hydrogens (tertiary/aromatic N) is 1. The average Bonchev–Trinajstić information content (AvgIpc) is 2.78. The molecule has 0 atom stereocenters. The number of isocyanates is 1. The van der Waals surface area contributed by atoms with E-state index in [9.17, 15) is 4.79 Å². The molecule has 3 heteroatoms. The van der Waals surface area contributed by atoms with E-state index in [4.69, 9.17) is 0 Å². The predicted octanol–water partition coefficient (Wildman–Crippen LogP) is 7.16. The molecule has 0 aliphatic heterocycles. The van der Waals surface area contributed by atoms with Crippen molar-refractivity contribution in [3.8, 4) is 11.1 Å². The molecular weight excluding hydrogens is 362 g/mol. The Morgan fingerprint density at radius 2 is 0.964 bits per heavy atom. The molecule has 0 aromatic heterocycles. The molecule has 0 heterocycles. The molecule has 0 bridgehead atoms. The number of hydrogen-bond donors (Lipinski definition) is 0. The molecule has 0 N–H and O–H groups in total. The average molecular weight is 382 g/mol. The van der Waals surface area contributed by atoms with Crippen molar-refractivity contribution in [3.63, 3.8) is 0 Å². The van der Waals surface area contributed by atoms with E-state index in [0.29, 0.717) is 5.69 Å². The van der Waals surface area contributed by atoms with Crippen molar-refractivity contribution in [1.82, 2.24) is 0 Å². The number of rotatable bonds is 4. The van der Waals surface area contributed by atoms with Gasteiger partial charge in [0.1, 0.15) is 0 Å². The van der Waals surface area contributed by atoms with E-state index >= 15 is 0 Å². The Labute approximate surface area is 169 Å². The molecule has 4 aromatic carbocycles. The molecule has 0 fully saturated rings. The number of carbonyl (C=O) groups excluding carboxylic acids is 1. The molecule has 2 nitrogen and oxygen atoms in total. The van der Waals surface area contributed by atoms with Gasteiger partial charge >= 0.3 is 0 Å². The van der Waals surface area contributed by atoms with E-state index in [0.717, 1.165) is 4.90 Å². The van der Waals surface area contributed by atoms with Gasteiger partial charge in [0.2, 0.25) is 6.08 Å². The summed E-state index contributed by atoms with van der Waals surface area (Å²) >= 11 is 1.67. The molecule has 28 heavy (non-hydrogen) atoms. The van der Waals surface area contributed by atoms with E-state index < -0.39 is 0 Å². The van der Waals surface area contributed by atoms with E-state index in [2.05, 4.69) is 65.7 Å². The zero-order valence-electron chi connectivity index (χ0n) is 15.2.